The van der Waals surface area contributed by atoms with E-state index in [0.29, 0.717) is 25.7 Å². The van der Waals surface area contributed by atoms with Crippen LogP contribution >= 0.6 is 0 Å². The molecule has 0 aliphatic rings. The van der Waals surface area contributed by atoms with Gasteiger partial charge in [-0.25, -0.2) is 4.79 Å². The molecule has 1 aromatic heterocycles. The number of primary amides is 1. The molecule has 1 rings (SSSR count). The maximum Gasteiger partial charge on any atom is 0.312 e. The van der Waals surface area contributed by atoms with E-state index >= 15 is 0 Å². The van der Waals surface area contributed by atoms with Crippen LogP contribution in [0.15, 0.2) is 12.3 Å². The first-order valence-corrected chi connectivity index (χ1v) is 6.45. The van der Waals surface area contributed by atoms with Gasteiger partial charge < -0.3 is 16.4 Å². The predicted molar refractivity (Wildman–Crippen MR) is 71.1 cm³/mol. The van der Waals surface area contributed by atoms with Crippen molar-refractivity contribution in [3.63, 3.8) is 0 Å². The quantitative estimate of drug-likeness (QED) is 0.604. The molecule has 1 heterocycles. The SMILES string of the molecule is CCC(CC)n1ccc(CNCCNC(N)=O)n1. The summed E-state index contributed by atoms with van der Waals surface area (Å²) in [5, 5.41) is 10.3. The molecule has 0 aliphatic carbocycles. The van der Waals surface area contributed by atoms with Gasteiger partial charge in [0, 0.05) is 25.8 Å². The van der Waals surface area contributed by atoms with Crippen LogP contribution in [0.4, 0.5) is 4.79 Å². The lowest BCUT2D eigenvalue weighted by Gasteiger charge is -2.12. The van der Waals surface area contributed by atoms with Crippen LogP contribution in [-0.4, -0.2) is 28.9 Å². The van der Waals surface area contributed by atoms with Gasteiger partial charge in [0.05, 0.1) is 11.7 Å². The molecule has 102 valence electrons. The summed E-state index contributed by atoms with van der Waals surface area (Å²) in [5.41, 5.74) is 5.97. The zero-order valence-corrected chi connectivity index (χ0v) is 11.1. The van der Waals surface area contributed by atoms with Crippen molar-refractivity contribution in [2.45, 2.75) is 39.3 Å². The normalized spacial score (nSPS) is 10.8. The first-order chi connectivity index (χ1) is 8.67. The molecular formula is C12H23N5O. The van der Waals surface area contributed by atoms with Gasteiger partial charge in [0.25, 0.3) is 0 Å². The van der Waals surface area contributed by atoms with Crippen molar-refractivity contribution >= 4 is 6.03 Å². The minimum atomic E-state index is -0.491. The Morgan fingerprint density at radius 2 is 2.17 bits per heavy atom. The number of nitrogens with one attached hydrogen (secondary N) is 2. The molecule has 0 spiro atoms. The Hall–Kier alpha value is -1.56. The van der Waals surface area contributed by atoms with E-state index in [4.69, 9.17) is 5.73 Å². The second kappa shape index (κ2) is 7.71. The molecule has 0 radical (unpaired) electrons. The number of hydrogen-bond donors (Lipinski definition) is 3. The third kappa shape index (κ3) is 4.75. The molecule has 0 bridgehead atoms. The fourth-order valence-corrected chi connectivity index (χ4v) is 1.83. The molecule has 0 aliphatic heterocycles. The molecule has 0 atom stereocenters. The number of aromatic nitrogens is 2. The summed E-state index contributed by atoms with van der Waals surface area (Å²) in [6, 6.07) is 2.01. The van der Waals surface area contributed by atoms with Gasteiger partial charge in [-0.2, -0.15) is 5.10 Å². The maximum atomic E-state index is 10.4. The van der Waals surface area contributed by atoms with E-state index in [0.717, 1.165) is 18.5 Å². The fraction of sp³-hybridized carbons (Fsp3) is 0.667. The van der Waals surface area contributed by atoms with Gasteiger partial charge >= 0.3 is 6.03 Å². The van der Waals surface area contributed by atoms with Crippen molar-refractivity contribution in [1.29, 1.82) is 0 Å². The molecule has 18 heavy (non-hydrogen) atoms. The summed E-state index contributed by atoms with van der Waals surface area (Å²) < 4.78 is 2.03. The Balaban J connectivity index is 2.29. The van der Waals surface area contributed by atoms with Crippen molar-refractivity contribution in [1.82, 2.24) is 20.4 Å². The van der Waals surface area contributed by atoms with E-state index in [1.54, 1.807) is 0 Å². The molecule has 6 nitrogen and oxygen atoms in total. The molecular weight excluding hydrogens is 230 g/mol. The van der Waals surface area contributed by atoms with Crippen LogP contribution in [0.5, 0.6) is 0 Å². The molecule has 0 saturated carbocycles. The number of urea groups is 1. The number of rotatable bonds is 8. The zero-order valence-electron chi connectivity index (χ0n) is 11.1. The van der Waals surface area contributed by atoms with Crippen LogP contribution in [0.3, 0.4) is 0 Å². The number of nitrogens with zero attached hydrogens (tertiary/aromatic N) is 2. The highest BCUT2D eigenvalue weighted by molar-refractivity contribution is 5.71. The van der Waals surface area contributed by atoms with Gasteiger partial charge in [0.1, 0.15) is 0 Å². The Morgan fingerprint density at radius 1 is 1.44 bits per heavy atom. The first kappa shape index (κ1) is 14.5. The molecule has 6 heteroatoms. The fourth-order valence-electron chi connectivity index (χ4n) is 1.83. The van der Waals surface area contributed by atoms with E-state index in [1.165, 1.54) is 0 Å². The standard InChI is InChI=1S/C12H23N5O/c1-3-11(4-2)17-8-5-10(16-17)9-14-6-7-15-12(13)18/h5,8,11,14H,3-4,6-7,9H2,1-2H3,(H3,13,15,18). The van der Waals surface area contributed by atoms with Crippen molar-refractivity contribution in [2.24, 2.45) is 5.73 Å². The van der Waals surface area contributed by atoms with Crippen molar-refractivity contribution in [3.8, 4) is 0 Å². The van der Waals surface area contributed by atoms with Crippen molar-refractivity contribution in [2.75, 3.05) is 13.1 Å². The number of carbonyl (C=O) groups excluding carboxylic acids is 1. The van der Waals surface area contributed by atoms with E-state index < -0.39 is 6.03 Å². The lowest BCUT2D eigenvalue weighted by molar-refractivity contribution is 0.249. The van der Waals surface area contributed by atoms with E-state index in [2.05, 4.69) is 29.6 Å². The highest BCUT2D eigenvalue weighted by Gasteiger charge is 2.07. The highest BCUT2D eigenvalue weighted by Crippen LogP contribution is 2.14. The zero-order chi connectivity index (χ0) is 13.4. The van der Waals surface area contributed by atoms with Gasteiger partial charge in [-0.3, -0.25) is 4.68 Å². The topological polar surface area (TPSA) is 85.0 Å². The summed E-state index contributed by atoms with van der Waals surface area (Å²) in [4.78, 5) is 10.4. The second-order valence-electron chi connectivity index (χ2n) is 4.23. The molecule has 0 aromatic carbocycles. The third-order valence-electron chi connectivity index (χ3n) is 2.89. The van der Waals surface area contributed by atoms with Gasteiger partial charge in [-0.05, 0) is 18.9 Å². The van der Waals surface area contributed by atoms with Gasteiger partial charge in [0.2, 0.25) is 0 Å². The molecule has 0 fully saturated rings. The Morgan fingerprint density at radius 3 is 2.78 bits per heavy atom. The summed E-state index contributed by atoms with van der Waals surface area (Å²) in [6.07, 6.45) is 4.21. The number of nitrogens with two attached hydrogens (primary N) is 1. The van der Waals surface area contributed by atoms with Gasteiger partial charge in [-0.15, -0.1) is 0 Å². The monoisotopic (exact) mass is 253 g/mol. The lowest BCUT2D eigenvalue weighted by Crippen LogP contribution is -2.35. The number of amides is 2. The molecule has 2 amide bonds. The Kier molecular flexibility index (Phi) is 6.21. The average molecular weight is 253 g/mol. The predicted octanol–water partition coefficient (Wildman–Crippen LogP) is 1.00. The van der Waals surface area contributed by atoms with Crippen LogP contribution in [0.25, 0.3) is 0 Å². The first-order valence-electron chi connectivity index (χ1n) is 6.45. The largest absolute Gasteiger partial charge is 0.352 e. The van der Waals surface area contributed by atoms with E-state index in [1.807, 2.05) is 16.9 Å². The minimum Gasteiger partial charge on any atom is -0.352 e. The number of hydrogen-bond acceptors (Lipinski definition) is 3. The molecule has 0 saturated heterocycles. The highest BCUT2D eigenvalue weighted by atomic mass is 16.2. The summed E-state index contributed by atoms with van der Waals surface area (Å²) in [6.45, 7) is 6.25. The summed E-state index contributed by atoms with van der Waals surface area (Å²) >= 11 is 0. The summed E-state index contributed by atoms with van der Waals surface area (Å²) in [7, 11) is 0. The second-order valence-corrected chi connectivity index (χ2v) is 4.23. The van der Waals surface area contributed by atoms with E-state index in [-0.39, 0.29) is 0 Å². The van der Waals surface area contributed by atoms with Crippen LogP contribution in [0.1, 0.15) is 38.4 Å². The van der Waals surface area contributed by atoms with Crippen molar-refractivity contribution < 1.29 is 4.79 Å². The van der Waals surface area contributed by atoms with Gasteiger partial charge in [-0.1, -0.05) is 13.8 Å². The molecule has 0 unspecified atom stereocenters. The Labute approximate surface area is 108 Å². The maximum absolute atomic E-state index is 10.4. The third-order valence-corrected chi connectivity index (χ3v) is 2.89. The van der Waals surface area contributed by atoms with E-state index in [9.17, 15) is 4.79 Å². The van der Waals surface area contributed by atoms with Crippen LogP contribution in [0.2, 0.25) is 0 Å². The van der Waals surface area contributed by atoms with Gasteiger partial charge in [0.15, 0.2) is 0 Å². The van der Waals surface area contributed by atoms with Crippen LogP contribution in [-0.2, 0) is 6.54 Å². The summed E-state index contributed by atoms with van der Waals surface area (Å²) in [5.74, 6) is 0. The van der Waals surface area contributed by atoms with Crippen LogP contribution in [0, 0.1) is 0 Å². The smallest absolute Gasteiger partial charge is 0.312 e. The van der Waals surface area contributed by atoms with Crippen molar-refractivity contribution in [3.05, 3.63) is 18.0 Å². The molecule has 1 aromatic rings. The lowest BCUT2D eigenvalue weighted by atomic mass is 10.2. The Bertz CT molecular complexity index is 359. The number of carbonyl (C=O) groups is 1. The minimum absolute atomic E-state index is 0.482. The average Bonchev–Trinajstić information content (AvgIpc) is 2.79. The van der Waals surface area contributed by atoms with Crippen LogP contribution < -0.4 is 16.4 Å². The molecule has 4 N–H and O–H groups in total.